The Morgan fingerprint density at radius 2 is 2.38 bits per heavy atom. The van der Waals surface area contributed by atoms with Crippen LogP contribution in [0.25, 0.3) is 0 Å². The van der Waals surface area contributed by atoms with Crippen molar-refractivity contribution in [3.05, 3.63) is 0 Å². The van der Waals surface area contributed by atoms with E-state index in [-0.39, 0.29) is 35.5 Å². The Hall–Kier alpha value is -1.06. The molecule has 0 N–H and O–H groups in total. The predicted octanol–water partition coefficient (Wildman–Crippen LogP) is 1.28. The van der Waals surface area contributed by atoms with Gasteiger partial charge in [-0.2, -0.15) is 0 Å². The number of hydrogen-bond donors (Lipinski definition) is 0. The quantitative estimate of drug-likeness (QED) is 0.663. The number of hydrogen-bond acceptors (Lipinski definition) is 4. The highest BCUT2D eigenvalue weighted by molar-refractivity contribution is 5.81. The fourth-order valence-electron chi connectivity index (χ4n) is 3.65. The Bertz CT molecular complexity index is 364. The van der Waals surface area contributed by atoms with Crippen molar-refractivity contribution < 1.29 is 19.1 Å². The zero-order valence-corrected chi connectivity index (χ0v) is 9.56. The molecule has 0 amide bonds. The van der Waals surface area contributed by atoms with Crippen LogP contribution in [0.2, 0.25) is 0 Å². The van der Waals surface area contributed by atoms with Crippen molar-refractivity contribution in [2.24, 2.45) is 17.3 Å². The number of esters is 2. The van der Waals surface area contributed by atoms with E-state index in [1.54, 1.807) is 6.92 Å². The molecular weight excluding hydrogens is 208 g/mol. The fraction of sp³-hybridized carbons (Fsp3) is 0.833. The highest BCUT2D eigenvalue weighted by Crippen LogP contribution is 2.62. The van der Waals surface area contributed by atoms with Crippen LogP contribution >= 0.6 is 0 Å². The summed E-state index contributed by atoms with van der Waals surface area (Å²) in [4.78, 5) is 23.1. The zero-order chi connectivity index (χ0) is 11.5. The smallest absolute Gasteiger partial charge is 0.312 e. The number of carbonyl (C=O) groups is 2. The first-order valence-corrected chi connectivity index (χ1v) is 5.97. The molecule has 4 heteroatoms. The summed E-state index contributed by atoms with van der Waals surface area (Å²) < 4.78 is 10.8. The molecule has 1 aliphatic heterocycles. The van der Waals surface area contributed by atoms with Crippen LogP contribution in [0.4, 0.5) is 0 Å². The van der Waals surface area contributed by atoms with E-state index in [1.165, 1.54) is 0 Å². The maximum atomic E-state index is 11.8. The van der Waals surface area contributed by atoms with E-state index < -0.39 is 0 Å². The van der Waals surface area contributed by atoms with Gasteiger partial charge in [-0.1, -0.05) is 6.92 Å². The molecule has 2 bridgehead atoms. The Labute approximate surface area is 94.3 Å². The number of carbonyl (C=O) groups excluding carboxylic acids is 2. The average Bonchev–Trinajstić information content (AvgIpc) is 2.79. The Balaban J connectivity index is 1.83. The van der Waals surface area contributed by atoms with Crippen LogP contribution in [0.15, 0.2) is 0 Å². The summed E-state index contributed by atoms with van der Waals surface area (Å²) in [7, 11) is 0. The van der Waals surface area contributed by atoms with Crippen LogP contribution in [0.1, 0.15) is 33.1 Å². The van der Waals surface area contributed by atoms with Gasteiger partial charge in [0.25, 0.3) is 0 Å². The third-order valence-corrected chi connectivity index (χ3v) is 4.51. The van der Waals surface area contributed by atoms with Gasteiger partial charge in [0.05, 0.1) is 5.41 Å². The Morgan fingerprint density at radius 1 is 1.62 bits per heavy atom. The monoisotopic (exact) mass is 224 g/mol. The van der Waals surface area contributed by atoms with Gasteiger partial charge in [0.2, 0.25) is 0 Å². The molecule has 0 aromatic heterocycles. The van der Waals surface area contributed by atoms with Crippen LogP contribution in [-0.4, -0.2) is 24.1 Å². The molecule has 1 saturated heterocycles. The summed E-state index contributed by atoms with van der Waals surface area (Å²) >= 11 is 0. The number of rotatable bonds is 2. The number of ether oxygens (including phenoxy) is 2. The van der Waals surface area contributed by atoms with E-state index in [0.717, 1.165) is 12.8 Å². The van der Waals surface area contributed by atoms with Gasteiger partial charge in [-0.25, -0.2) is 0 Å². The van der Waals surface area contributed by atoms with Gasteiger partial charge >= 0.3 is 11.9 Å². The maximum absolute atomic E-state index is 11.8. The van der Waals surface area contributed by atoms with Gasteiger partial charge in [-0.3, -0.25) is 9.59 Å². The van der Waals surface area contributed by atoms with Crippen molar-refractivity contribution in [3.8, 4) is 0 Å². The lowest BCUT2D eigenvalue weighted by Gasteiger charge is -2.29. The molecule has 0 aromatic carbocycles. The summed E-state index contributed by atoms with van der Waals surface area (Å²) in [6.45, 7) is 3.76. The highest BCUT2D eigenvalue weighted by Gasteiger charge is 2.69. The summed E-state index contributed by atoms with van der Waals surface area (Å²) in [6, 6.07) is 0. The van der Waals surface area contributed by atoms with E-state index in [4.69, 9.17) is 9.47 Å². The van der Waals surface area contributed by atoms with E-state index >= 15 is 0 Å². The van der Waals surface area contributed by atoms with E-state index in [0.29, 0.717) is 12.3 Å². The maximum Gasteiger partial charge on any atom is 0.312 e. The molecule has 2 aliphatic carbocycles. The van der Waals surface area contributed by atoms with Crippen LogP contribution in [0, 0.1) is 17.3 Å². The lowest BCUT2D eigenvalue weighted by molar-refractivity contribution is -0.161. The second-order valence-corrected chi connectivity index (χ2v) is 5.40. The highest BCUT2D eigenvalue weighted by atomic mass is 16.6. The molecule has 88 valence electrons. The second kappa shape index (κ2) is 2.99. The van der Waals surface area contributed by atoms with Gasteiger partial charge in [0, 0.05) is 18.3 Å². The minimum Gasteiger partial charge on any atom is -0.458 e. The fourth-order valence-corrected chi connectivity index (χ4v) is 3.65. The van der Waals surface area contributed by atoms with Crippen molar-refractivity contribution in [3.63, 3.8) is 0 Å². The van der Waals surface area contributed by atoms with Crippen molar-refractivity contribution in [2.75, 3.05) is 0 Å². The summed E-state index contributed by atoms with van der Waals surface area (Å²) in [5, 5.41) is 0. The summed E-state index contributed by atoms with van der Waals surface area (Å²) in [5.41, 5.74) is -0.301. The lowest BCUT2D eigenvalue weighted by Crippen LogP contribution is -2.39. The van der Waals surface area contributed by atoms with Gasteiger partial charge in [-0.05, 0) is 19.8 Å². The first kappa shape index (κ1) is 10.1. The second-order valence-electron chi connectivity index (χ2n) is 5.40. The molecule has 2 saturated carbocycles. The van der Waals surface area contributed by atoms with Crippen molar-refractivity contribution in [1.29, 1.82) is 0 Å². The Morgan fingerprint density at radius 3 is 3.06 bits per heavy atom. The molecule has 0 radical (unpaired) electrons. The topological polar surface area (TPSA) is 52.6 Å². The molecule has 1 heterocycles. The molecule has 5 unspecified atom stereocenters. The first-order chi connectivity index (χ1) is 7.56. The van der Waals surface area contributed by atoms with Crippen LogP contribution < -0.4 is 0 Å². The summed E-state index contributed by atoms with van der Waals surface area (Å²) in [5.74, 6) is 0.295. The zero-order valence-electron chi connectivity index (χ0n) is 9.56. The van der Waals surface area contributed by atoms with Crippen molar-refractivity contribution >= 4 is 11.9 Å². The van der Waals surface area contributed by atoms with E-state index in [9.17, 15) is 9.59 Å². The van der Waals surface area contributed by atoms with Crippen LogP contribution in [-0.2, 0) is 19.1 Å². The largest absolute Gasteiger partial charge is 0.458 e. The minimum atomic E-state index is -0.301. The molecule has 5 atom stereocenters. The molecule has 3 aliphatic rings. The van der Waals surface area contributed by atoms with Gasteiger partial charge in [-0.15, -0.1) is 0 Å². The third-order valence-electron chi connectivity index (χ3n) is 4.51. The van der Waals surface area contributed by atoms with Crippen LogP contribution in [0.5, 0.6) is 0 Å². The normalized spacial score (nSPS) is 48.2. The standard InChI is InChI=1S/C12H16O4/c1-3-8(13)15-9-6-4-7-10(9)16-11(14)12(7,2)5-6/h6-7,9-10H,3-5H2,1-2H3. The van der Waals surface area contributed by atoms with Gasteiger partial charge in [0.15, 0.2) is 0 Å². The molecule has 4 nitrogen and oxygen atoms in total. The molecule has 0 aromatic rings. The van der Waals surface area contributed by atoms with Gasteiger partial charge in [0.1, 0.15) is 12.2 Å². The molecule has 3 rings (SSSR count). The molecule has 16 heavy (non-hydrogen) atoms. The average molecular weight is 224 g/mol. The summed E-state index contributed by atoms with van der Waals surface area (Å²) in [6.07, 6.45) is 1.80. The molecular formula is C12H16O4. The number of fused-ring (bicyclic) bond motifs is 1. The van der Waals surface area contributed by atoms with Crippen molar-refractivity contribution in [1.82, 2.24) is 0 Å². The molecule has 3 fully saturated rings. The molecule has 0 spiro atoms. The third kappa shape index (κ3) is 1.05. The lowest BCUT2D eigenvalue weighted by atomic mass is 9.75. The Kier molecular flexibility index (Phi) is 1.89. The minimum absolute atomic E-state index is 0.0972. The van der Waals surface area contributed by atoms with E-state index in [1.807, 2.05) is 6.92 Å². The van der Waals surface area contributed by atoms with E-state index in [2.05, 4.69) is 0 Å². The van der Waals surface area contributed by atoms with Crippen molar-refractivity contribution in [2.45, 2.75) is 45.3 Å². The predicted molar refractivity (Wildman–Crippen MR) is 54.4 cm³/mol. The SMILES string of the molecule is CCC(=O)OC1C2CC3C1OC(=O)C3(C)C2. The van der Waals surface area contributed by atoms with Crippen LogP contribution in [0.3, 0.4) is 0 Å². The van der Waals surface area contributed by atoms with Gasteiger partial charge < -0.3 is 9.47 Å². The first-order valence-electron chi connectivity index (χ1n) is 5.97.